The summed E-state index contributed by atoms with van der Waals surface area (Å²) >= 11 is 0. The molecule has 0 heterocycles. The van der Waals surface area contributed by atoms with Crippen LogP contribution >= 0.6 is 0 Å². The molecule has 0 atom stereocenters. The highest BCUT2D eigenvalue weighted by atomic mass is 32.2. The lowest BCUT2D eigenvalue weighted by molar-refractivity contribution is -0.382. The largest absolute Gasteiger partial charge is 0.743 e. The van der Waals surface area contributed by atoms with E-state index < -0.39 is 33.4 Å². The molecule has 0 aliphatic heterocycles. The van der Waals surface area contributed by atoms with Crippen molar-refractivity contribution in [3.05, 3.63) is 36.4 Å². The van der Waals surface area contributed by atoms with E-state index in [1.54, 1.807) is 6.07 Å². The molecule has 2 rings (SSSR count). The van der Waals surface area contributed by atoms with Crippen LogP contribution in [0.4, 0.5) is 39.5 Å². The first-order chi connectivity index (χ1) is 13.7. The van der Waals surface area contributed by atoms with Crippen LogP contribution in [0.5, 0.6) is 5.75 Å². The number of fused-ring (bicyclic) bond motifs is 1. The van der Waals surface area contributed by atoms with E-state index in [-0.39, 0.29) is 10.9 Å². The summed E-state index contributed by atoms with van der Waals surface area (Å²) < 4.78 is 135. The molecule has 0 aliphatic carbocycles. The van der Waals surface area contributed by atoms with E-state index >= 15 is 0 Å². The molecule has 0 aliphatic rings. The standard InChI is InChI=1S/C12H12OS.C4HF9O3S/c1-14(2)12-8-7-11(13)9-5-3-4-6-10(9)12;5-1(6,3(9,10)11)2(7,8)4(12,13)17(14,15)16/h3-8H,1-2H3;(H,14,15,16). The fraction of sp³-hybridized carbons (Fsp3) is 0.375. The van der Waals surface area contributed by atoms with Crippen LogP contribution in [0.25, 0.3) is 10.8 Å². The number of aromatic hydroxyl groups is 1. The number of hydrogen-bond donors (Lipinski definition) is 1. The van der Waals surface area contributed by atoms with Gasteiger partial charge in [0.15, 0.2) is 15.0 Å². The Bertz CT molecular complexity index is 1040. The molecule has 0 saturated heterocycles. The maximum Gasteiger partial charge on any atom is 0.460 e. The van der Waals surface area contributed by atoms with Crippen molar-refractivity contribution in [2.24, 2.45) is 0 Å². The van der Waals surface area contributed by atoms with Crippen LogP contribution in [0.15, 0.2) is 41.3 Å². The van der Waals surface area contributed by atoms with Crippen molar-refractivity contribution < 1.29 is 57.6 Å². The second-order valence-electron chi connectivity index (χ2n) is 6.06. The van der Waals surface area contributed by atoms with Gasteiger partial charge in [0.2, 0.25) is 0 Å². The van der Waals surface area contributed by atoms with E-state index in [2.05, 4.69) is 18.6 Å². The van der Waals surface area contributed by atoms with Gasteiger partial charge in [0.1, 0.15) is 18.3 Å². The monoisotopic (exact) mass is 504 g/mol. The molecule has 15 heteroatoms. The fourth-order valence-electron chi connectivity index (χ4n) is 2.13. The third kappa shape index (κ3) is 4.98. The molecule has 0 radical (unpaired) electrons. The summed E-state index contributed by atoms with van der Waals surface area (Å²) in [5.74, 6) is -14.4. The van der Waals surface area contributed by atoms with Crippen molar-refractivity contribution in [1.82, 2.24) is 0 Å². The minimum atomic E-state index is -7.43. The molecule has 176 valence electrons. The van der Waals surface area contributed by atoms with Crippen molar-refractivity contribution in [1.29, 1.82) is 0 Å². The normalized spacial score (nSPS) is 13.8. The van der Waals surface area contributed by atoms with Gasteiger partial charge in [-0.05, 0) is 18.2 Å². The third-order valence-electron chi connectivity index (χ3n) is 3.73. The summed E-state index contributed by atoms with van der Waals surface area (Å²) in [6, 6.07) is 11.8. The zero-order valence-corrected chi connectivity index (χ0v) is 17.0. The minimum Gasteiger partial charge on any atom is -0.743 e. The molecule has 2 aromatic carbocycles. The Morgan fingerprint density at radius 3 is 1.65 bits per heavy atom. The molecule has 0 fully saturated rings. The van der Waals surface area contributed by atoms with Crippen molar-refractivity contribution in [3.63, 3.8) is 0 Å². The minimum absolute atomic E-state index is 0.227. The van der Waals surface area contributed by atoms with Gasteiger partial charge in [0.25, 0.3) is 0 Å². The number of rotatable bonds is 4. The summed E-state index contributed by atoms with van der Waals surface area (Å²) in [7, 11) is -7.19. The lowest BCUT2D eigenvalue weighted by atomic mass is 10.1. The number of halogens is 9. The van der Waals surface area contributed by atoms with Crippen LogP contribution in [0.3, 0.4) is 0 Å². The number of alkyl halides is 9. The van der Waals surface area contributed by atoms with Crippen LogP contribution in [-0.4, -0.2) is 53.9 Å². The molecule has 0 unspecified atom stereocenters. The van der Waals surface area contributed by atoms with Gasteiger partial charge in [-0.2, -0.15) is 39.5 Å². The number of hydrogen-bond acceptors (Lipinski definition) is 4. The van der Waals surface area contributed by atoms with Gasteiger partial charge in [-0.15, -0.1) is 0 Å². The van der Waals surface area contributed by atoms with Crippen molar-refractivity contribution >= 4 is 31.8 Å². The summed E-state index contributed by atoms with van der Waals surface area (Å²) in [6.07, 6.45) is -2.78. The highest BCUT2D eigenvalue weighted by molar-refractivity contribution is 7.95. The van der Waals surface area contributed by atoms with Crippen LogP contribution in [0, 0.1) is 0 Å². The van der Waals surface area contributed by atoms with Gasteiger partial charge in [0.05, 0.1) is 0 Å². The molecular weight excluding hydrogens is 491 g/mol. The first-order valence-electron chi connectivity index (χ1n) is 7.64. The smallest absolute Gasteiger partial charge is 0.460 e. The van der Waals surface area contributed by atoms with E-state index in [4.69, 9.17) is 0 Å². The lowest BCUT2D eigenvalue weighted by Gasteiger charge is -2.34. The SMILES string of the molecule is C[S+](C)c1ccc(O)c2ccccc12.O=S(=O)([O-])C(F)(F)C(F)(F)C(F)(F)C(F)(F)F. The molecule has 4 nitrogen and oxygen atoms in total. The lowest BCUT2D eigenvalue weighted by Crippen LogP contribution is -2.63. The predicted molar refractivity (Wildman–Crippen MR) is 93.7 cm³/mol. The van der Waals surface area contributed by atoms with Crippen molar-refractivity contribution in [3.8, 4) is 5.75 Å². The first-order valence-corrected chi connectivity index (χ1v) is 11.1. The van der Waals surface area contributed by atoms with Gasteiger partial charge < -0.3 is 9.66 Å². The Morgan fingerprint density at radius 1 is 0.806 bits per heavy atom. The molecule has 2 aromatic rings. The Kier molecular flexibility index (Phi) is 7.52. The average molecular weight is 504 g/mol. The maximum atomic E-state index is 12.2. The maximum absolute atomic E-state index is 12.2. The highest BCUT2D eigenvalue weighted by Gasteiger charge is 2.83. The molecule has 31 heavy (non-hydrogen) atoms. The molecule has 0 spiro atoms. The van der Waals surface area contributed by atoms with E-state index in [0.29, 0.717) is 5.75 Å². The van der Waals surface area contributed by atoms with Crippen LogP contribution < -0.4 is 0 Å². The summed E-state index contributed by atoms with van der Waals surface area (Å²) in [6.45, 7) is 0. The molecule has 1 N–H and O–H groups in total. The Morgan fingerprint density at radius 2 is 1.26 bits per heavy atom. The second kappa shape index (κ2) is 8.58. The number of phenolic OH excluding ortho intramolecular Hbond substituents is 1. The average Bonchev–Trinajstić information content (AvgIpc) is 2.60. The first kappa shape index (κ1) is 27.2. The highest BCUT2D eigenvalue weighted by Crippen LogP contribution is 2.54. The molecule has 0 amide bonds. The van der Waals surface area contributed by atoms with Crippen molar-refractivity contribution in [2.75, 3.05) is 12.5 Å². The fourth-order valence-corrected chi connectivity index (χ4v) is 3.53. The van der Waals surface area contributed by atoms with Gasteiger partial charge in [-0.25, -0.2) is 8.42 Å². The predicted octanol–water partition coefficient (Wildman–Crippen LogP) is 4.74. The van der Waals surface area contributed by atoms with Gasteiger partial charge in [0, 0.05) is 21.7 Å². The zero-order chi connectivity index (χ0) is 24.6. The molecular formula is C16H13F9O4S2. The molecule has 0 bridgehead atoms. The Labute approximate surface area is 172 Å². The summed E-state index contributed by atoms with van der Waals surface area (Å²) in [4.78, 5) is 1.32. The van der Waals surface area contributed by atoms with Crippen molar-refractivity contribution in [2.45, 2.75) is 28.2 Å². The third-order valence-corrected chi connectivity index (χ3v) is 5.85. The van der Waals surface area contributed by atoms with Gasteiger partial charge in [-0.3, -0.25) is 0 Å². The second-order valence-corrected chi connectivity index (χ2v) is 9.56. The van der Waals surface area contributed by atoms with Crippen LogP contribution in [0.2, 0.25) is 0 Å². The quantitative estimate of drug-likeness (QED) is 0.371. The van der Waals surface area contributed by atoms with E-state index in [0.717, 1.165) is 5.39 Å². The molecule has 0 saturated carbocycles. The van der Waals surface area contributed by atoms with E-state index in [1.165, 1.54) is 10.3 Å². The van der Waals surface area contributed by atoms with Gasteiger partial charge in [-0.1, -0.05) is 18.2 Å². The van der Waals surface area contributed by atoms with Crippen LogP contribution in [-0.2, 0) is 21.0 Å². The zero-order valence-electron chi connectivity index (χ0n) is 15.4. The van der Waals surface area contributed by atoms with Crippen LogP contribution in [0.1, 0.15) is 0 Å². The summed E-state index contributed by atoms with van der Waals surface area (Å²) in [5, 5.41) is 4.69. The Hall–Kier alpha value is -1.87. The van der Waals surface area contributed by atoms with Gasteiger partial charge >= 0.3 is 23.3 Å². The number of phenols is 1. The number of benzene rings is 2. The van der Waals surface area contributed by atoms with E-state index in [1.807, 2.05) is 24.3 Å². The summed E-state index contributed by atoms with van der Waals surface area (Å²) in [5.41, 5.74) is 0. The Balaban J connectivity index is 0.000000314. The molecule has 0 aromatic heterocycles. The van der Waals surface area contributed by atoms with E-state index in [9.17, 15) is 57.6 Å². The topological polar surface area (TPSA) is 77.4 Å².